The molecule has 0 saturated heterocycles. The van der Waals surface area contributed by atoms with Gasteiger partial charge in [-0.25, -0.2) is 0 Å². The molecule has 0 unspecified atom stereocenters. The fourth-order valence-corrected chi connectivity index (χ4v) is 12.5. The summed E-state index contributed by atoms with van der Waals surface area (Å²) in [5.41, 5.74) is -31.7. The Bertz CT molecular complexity index is 5270. The minimum Gasteiger partial charge on any atom is -0.307 e. The van der Waals surface area contributed by atoms with E-state index in [0.717, 1.165) is 94.1 Å². The summed E-state index contributed by atoms with van der Waals surface area (Å²) in [5, 5.41) is 20.7. The zero-order valence-electron chi connectivity index (χ0n) is 49.7. The van der Waals surface area contributed by atoms with Gasteiger partial charge in [0.15, 0.2) is 0 Å². The molecule has 0 atom stereocenters. The van der Waals surface area contributed by atoms with E-state index in [4.69, 9.17) is 0 Å². The van der Waals surface area contributed by atoms with Gasteiger partial charge in [0.05, 0.1) is 107 Å². The van der Waals surface area contributed by atoms with Crippen LogP contribution < -0.4 is 0 Å². The molecule has 12 aromatic rings. The summed E-state index contributed by atoms with van der Waals surface area (Å²) in [7, 11) is 0. The molecule has 0 fully saturated rings. The number of nitriles is 2. The highest BCUT2D eigenvalue weighted by atomic mass is 19.4. The molecule has 0 saturated carbocycles. The Labute approximate surface area is 552 Å². The van der Waals surface area contributed by atoms with Gasteiger partial charge in [0.2, 0.25) is 0 Å². The Hall–Kier alpha value is -11.1. The van der Waals surface area contributed by atoms with E-state index >= 15 is 65.9 Å². The molecule has 0 radical (unpaired) electrons. The van der Waals surface area contributed by atoms with Crippen LogP contribution in [0.3, 0.4) is 0 Å². The van der Waals surface area contributed by atoms with Crippen LogP contribution in [0.25, 0.3) is 111 Å². The minimum atomic E-state index is -5.67. The van der Waals surface area contributed by atoms with Crippen LogP contribution in [0.5, 0.6) is 0 Å². The normalized spacial score (nSPS) is 13.2. The van der Waals surface area contributed by atoms with E-state index in [0.29, 0.717) is 42.5 Å². The molecule has 4 nitrogen and oxygen atoms in total. The van der Waals surface area contributed by atoms with E-state index in [9.17, 15) is 63.2 Å². The molecular formula is C71H29F27N4. The summed E-state index contributed by atoms with van der Waals surface area (Å²) in [6.45, 7) is 0. The highest BCUT2D eigenvalue weighted by Gasteiger charge is 2.44. The van der Waals surface area contributed by atoms with Gasteiger partial charge in [-0.15, -0.1) is 0 Å². The average molecular weight is 1450 g/mol. The predicted octanol–water partition coefficient (Wildman–Crippen LogP) is 25.1. The molecule has 0 aliphatic rings. The van der Waals surface area contributed by atoms with Crippen LogP contribution in [0.4, 0.5) is 119 Å². The van der Waals surface area contributed by atoms with Crippen LogP contribution in [0.15, 0.2) is 176 Å². The number of hydrogen-bond acceptors (Lipinski definition) is 2. The highest BCUT2D eigenvalue weighted by Crippen LogP contribution is 2.52. The smallest absolute Gasteiger partial charge is 0.307 e. The van der Waals surface area contributed by atoms with Crippen LogP contribution in [0.1, 0.15) is 61.2 Å². The third-order valence-corrected chi connectivity index (χ3v) is 16.9. The topological polar surface area (TPSA) is 57.4 Å². The van der Waals surface area contributed by atoms with E-state index in [1.54, 1.807) is 12.1 Å². The van der Waals surface area contributed by atoms with Crippen LogP contribution in [0, 0.1) is 22.7 Å². The largest absolute Gasteiger partial charge is 0.417 e. The number of hydrogen-bond donors (Lipinski definition) is 0. The van der Waals surface area contributed by atoms with Crippen molar-refractivity contribution >= 4 is 43.6 Å². The molecule has 2 aromatic heterocycles. The molecule has 12 rings (SSSR count). The number of fused-ring (bicyclic) bond motifs is 6. The van der Waals surface area contributed by atoms with Crippen molar-refractivity contribution < 1.29 is 119 Å². The van der Waals surface area contributed by atoms with Crippen LogP contribution >= 0.6 is 0 Å². The number of halogens is 27. The summed E-state index contributed by atoms with van der Waals surface area (Å²) in [6, 6.07) is 18.6. The van der Waals surface area contributed by atoms with E-state index in [1.807, 2.05) is 0 Å². The van der Waals surface area contributed by atoms with Crippen molar-refractivity contribution in [3.05, 3.63) is 237 Å². The first-order chi connectivity index (χ1) is 47.2. The second-order valence-corrected chi connectivity index (χ2v) is 23.0. The third kappa shape index (κ3) is 12.7. The van der Waals surface area contributed by atoms with Crippen LogP contribution in [0.2, 0.25) is 0 Å². The summed E-state index contributed by atoms with van der Waals surface area (Å²) < 4.78 is 400. The Kier molecular flexibility index (Phi) is 16.5. The maximum atomic E-state index is 15.5. The van der Waals surface area contributed by atoms with Gasteiger partial charge in [0.25, 0.3) is 0 Å². The zero-order chi connectivity index (χ0) is 74.5. The molecule has 0 amide bonds. The molecule has 10 aromatic carbocycles. The molecule has 0 spiro atoms. The monoisotopic (exact) mass is 1450 g/mol. The number of rotatable bonds is 7. The first kappa shape index (κ1) is 70.7. The average Bonchev–Trinajstić information content (AvgIpc) is 1.54. The van der Waals surface area contributed by atoms with Crippen molar-refractivity contribution in [3.8, 4) is 79.1 Å². The Balaban J connectivity index is 1.33. The van der Waals surface area contributed by atoms with Gasteiger partial charge in [-0.1, -0.05) is 78.9 Å². The lowest BCUT2D eigenvalue weighted by Crippen LogP contribution is -2.12. The molecule has 31 heteroatoms. The second-order valence-electron chi connectivity index (χ2n) is 23.0. The van der Waals surface area contributed by atoms with Gasteiger partial charge < -0.3 is 9.13 Å². The predicted molar refractivity (Wildman–Crippen MR) is 317 cm³/mol. The van der Waals surface area contributed by atoms with E-state index < -0.39 is 206 Å². The zero-order valence-corrected chi connectivity index (χ0v) is 49.7. The fraction of sp³-hybridized carbons (Fsp3) is 0.127. The van der Waals surface area contributed by atoms with Gasteiger partial charge in [-0.2, -0.15) is 129 Å². The molecule has 0 aliphatic heterocycles. The number of nitrogens with zero attached hydrogens (tertiary/aromatic N) is 4. The molecule has 0 aliphatic carbocycles. The Morgan fingerprint density at radius 2 is 0.500 bits per heavy atom. The minimum absolute atomic E-state index is 0.226. The maximum Gasteiger partial charge on any atom is 0.417 e. The Morgan fingerprint density at radius 1 is 0.235 bits per heavy atom. The highest BCUT2D eigenvalue weighted by molar-refractivity contribution is 6.14. The summed E-state index contributed by atoms with van der Waals surface area (Å²) in [4.78, 5) is 0. The quantitative estimate of drug-likeness (QED) is 0.149. The van der Waals surface area contributed by atoms with Crippen molar-refractivity contribution in [3.63, 3.8) is 0 Å². The van der Waals surface area contributed by atoms with Crippen LogP contribution in [-0.2, 0) is 55.6 Å². The lowest BCUT2D eigenvalue weighted by molar-refractivity contribution is -0.144. The van der Waals surface area contributed by atoms with Gasteiger partial charge in [-0.3, -0.25) is 0 Å². The van der Waals surface area contributed by atoms with E-state index in [-0.39, 0.29) is 70.1 Å². The Morgan fingerprint density at radius 3 is 0.745 bits per heavy atom. The van der Waals surface area contributed by atoms with Gasteiger partial charge >= 0.3 is 55.6 Å². The molecule has 0 N–H and O–H groups in total. The van der Waals surface area contributed by atoms with Crippen molar-refractivity contribution in [2.75, 3.05) is 0 Å². The van der Waals surface area contributed by atoms with Gasteiger partial charge in [0, 0.05) is 32.7 Å². The standard InChI is InChI=1S/C71H29F27N4/c72-63(73,74)38-8-16-42(52(25-38)68(87,88)89)32-4-12-46-47-13-5-33(43-17-9-39(64(75,76)77)26-53(43)69(90,91)92)21-57(47)101(56(46)20-32)60-24-37(31-100)50(62-36(30-99)2-1-3-51(62)67(84,85)86)29-61(60)102-58-22-34(44-18-10-40(65(78,79)80)27-54(44)70(93,94)95)6-14-48(58)49-15-7-35(23-59(49)102)45-19-11-41(66(81,82)83)28-55(45)71(96,97)98/h1-29H. The third-order valence-electron chi connectivity index (χ3n) is 16.9. The van der Waals surface area contributed by atoms with Gasteiger partial charge in [0.1, 0.15) is 0 Å². The summed E-state index contributed by atoms with van der Waals surface area (Å²) in [6.07, 6.45) is -49.9. The SMILES string of the molecule is N#Cc1cc(-n2c3cc(-c4ccc(C(F)(F)F)cc4C(F)(F)F)ccc3c3ccc(-c4ccc(C(F)(F)F)cc4C(F)(F)F)cc32)c(-n2c3cc(-c4ccc(C(F)(F)F)cc4C(F)(F)F)ccc3c3ccc(-c4ccc(C(F)(F)F)cc4C(F)(F)F)cc32)cc1-c1c(C#N)cccc1C(F)(F)F. The van der Waals surface area contributed by atoms with E-state index in [1.165, 1.54) is 0 Å². The van der Waals surface area contributed by atoms with Crippen LogP contribution in [-0.4, -0.2) is 9.13 Å². The van der Waals surface area contributed by atoms with Crippen molar-refractivity contribution in [1.29, 1.82) is 10.5 Å². The summed E-state index contributed by atoms with van der Waals surface area (Å²) in [5.74, 6) is 0. The first-order valence-electron chi connectivity index (χ1n) is 28.7. The van der Waals surface area contributed by atoms with E-state index in [2.05, 4.69) is 0 Å². The lowest BCUT2D eigenvalue weighted by Gasteiger charge is -2.22. The molecule has 2 heterocycles. The number of alkyl halides is 27. The maximum absolute atomic E-state index is 15.5. The fourth-order valence-electron chi connectivity index (χ4n) is 12.5. The molecule has 0 bridgehead atoms. The number of aromatic nitrogens is 2. The molecule has 522 valence electrons. The second kappa shape index (κ2) is 23.8. The number of benzene rings is 10. The van der Waals surface area contributed by atoms with Crippen molar-refractivity contribution in [2.45, 2.75) is 55.6 Å². The molecular weight excluding hydrogens is 1420 g/mol. The molecule has 102 heavy (non-hydrogen) atoms. The summed E-state index contributed by atoms with van der Waals surface area (Å²) >= 11 is 0. The first-order valence-corrected chi connectivity index (χ1v) is 28.7. The van der Waals surface area contributed by atoms with Crippen molar-refractivity contribution in [2.24, 2.45) is 0 Å². The lowest BCUT2D eigenvalue weighted by atomic mass is 9.90. The van der Waals surface area contributed by atoms with Gasteiger partial charge in [-0.05, 0) is 142 Å². The van der Waals surface area contributed by atoms with Crippen molar-refractivity contribution in [1.82, 2.24) is 9.13 Å².